The van der Waals surface area contributed by atoms with Crippen LogP contribution in [-0.4, -0.2) is 21.8 Å². The number of fused-ring (bicyclic) bond motifs is 1. The summed E-state index contributed by atoms with van der Waals surface area (Å²) in [6.07, 6.45) is 0. The Morgan fingerprint density at radius 3 is 2.58 bits per heavy atom. The molecule has 5 nitrogen and oxygen atoms in total. The number of carbonyl (C=O) groups is 1. The highest BCUT2D eigenvalue weighted by atomic mass is 35.5. The number of anilines is 1. The molecule has 1 heterocycles. The number of rotatable bonds is 5. The molecule has 1 aromatic heterocycles. The first-order valence-electron chi connectivity index (χ1n) is 9.64. The number of hydrogen-bond acceptors (Lipinski definition) is 5. The Labute approximate surface area is 214 Å². The summed E-state index contributed by atoms with van der Waals surface area (Å²) in [7, 11) is 0. The number of nitrogens with zero attached hydrogens (tertiary/aromatic N) is 1. The van der Waals surface area contributed by atoms with Gasteiger partial charge in [0.1, 0.15) is 5.52 Å². The molecule has 4 aromatic rings. The fourth-order valence-corrected chi connectivity index (χ4v) is 4.54. The minimum Gasteiger partial charge on any atom is -0.435 e. The van der Waals surface area contributed by atoms with Crippen molar-refractivity contribution in [3.8, 4) is 11.5 Å². The molecular formula is C23H16Cl3N3O2S2. The van der Waals surface area contributed by atoms with E-state index in [2.05, 4.69) is 15.6 Å². The molecule has 0 aliphatic carbocycles. The molecule has 0 atom stereocenters. The Balaban J connectivity index is 1.43. The summed E-state index contributed by atoms with van der Waals surface area (Å²) < 4.78 is 5.84. The zero-order valence-corrected chi connectivity index (χ0v) is 21.0. The summed E-state index contributed by atoms with van der Waals surface area (Å²) in [6.45, 7) is 1.93. The number of carbonyl (C=O) groups excluding carboxylic acids is 1. The van der Waals surface area contributed by atoms with Crippen LogP contribution in [0, 0.1) is 6.92 Å². The van der Waals surface area contributed by atoms with Crippen LogP contribution in [0.2, 0.25) is 15.1 Å². The lowest BCUT2D eigenvalue weighted by atomic mass is 10.1. The van der Waals surface area contributed by atoms with Crippen molar-refractivity contribution in [2.45, 2.75) is 11.8 Å². The third-order valence-corrected chi connectivity index (χ3v) is 6.55. The van der Waals surface area contributed by atoms with Gasteiger partial charge in [0.2, 0.25) is 11.8 Å². The second-order valence-electron chi connectivity index (χ2n) is 7.03. The lowest BCUT2D eigenvalue weighted by Gasteiger charge is -2.12. The number of benzene rings is 3. The Bertz CT molecular complexity index is 1360. The number of oxazole rings is 1. The second kappa shape index (κ2) is 10.3. The maximum atomic E-state index is 12.3. The van der Waals surface area contributed by atoms with Crippen LogP contribution < -0.4 is 10.6 Å². The van der Waals surface area contributed by atoms with Crippen molar-refractivity contribution in [2.24, 2.45) is 0 Å². The molecule has 0 unspecified atom stereocenters. The average molecular weight is 537 g/mol. The van der Waals surface area contributed by atoms with Crippen molar-refractivity contribution in [1.29, 1.82) is 0 Å². The Morgan fingerprint density at radius 1 is 1.06 bits per heavy atom. The van der Waals surface area contributed by atoms with Crippen molar-refractivity contribution >= 4 is 86.6 Å². The minimum absolute atomic E-state index is 0.198. The molecule has 0 spiro atoms. The van der Waals surface area contributed by atoms with Gasteiger partial charge in [-0.05, 0) is 73.2 Å². The molecule has 10 heteroatoms. The molecule has 33 heavy (non-hydrogen) atoms. The zero-order chi connectivity index (χ0) is 23.5. The number of amides is 1. The van der Waals surface area contributed by atoms with E-state index in [0.29, 0.717) is 32.1 Å². The predicted octanol–water partition coefficient (Wildman–Crippen LogP) is 7.37. The summed E-state index contributed by atoms with van der Waals surface area (Å²) in [5.74, 6) is 0.396. The lowest BCUT2D eigenvalue weighted by molar-refractivity contribution is -0.117. The number of hydrogen-bond donors (Lipinski definition) is 2. The molecule has 0 fully saturated rings. The van der Waals surface area contributed by atoms with E-state index in [4.69, 9.17) is 51.4 Å². The van der Waals surface area contributed by atoms with Gasteiger partial charge in [0, 0.05) is 26.2 Å². The van der Waals surface area contributed by atoms with Crippen LogP contribution in [0.5, 0.6) is 0 Å². The van der Waals surface area contributed by atoms with Gasteiger partial charge in [-0.15, -0.1) is 11.8 Å². The van der Waals surface area contributed by atoms with Gasteiger partial charge in [0.15, 0.2) is 10.7 Å². The summed E-state index contributed by atoms with van der Waals surface area (Å²) in [4.78, 5) is 17.7. The molecule has 168 valence electrons. The Hall–Kier alpha value is -2.29. The summed E-state index contributed by atoms with van der Waals surface area (Å²) >= 11 is 24.9. The van der Waals surface area contributed by atoms with Gasteiger partial charge in [0.25, 0.3) is 0 Å². The van der Waals surface area contributed by atoms with Crippen molar-refractivity contribution in [3.63, 3.8) is 0 Å². The predicted molar refractivity (Wildman–Crippen MR) is 141 cm³/mol. The first-order chi connectivity index (χ1) is 15.8. The molecule has 0 bridgehead atoms. The molecule has 2 N–H and O–H groups in total. The third kappa shape index (κ3) is 5.99. The summed E-state index contributed by atoms with van der Waals surface area (Å²) in [5.41, 5.74) is 3.40. The van der Waals surface area contributed by atoms with Crippen LogP contribution in [0.4, 0.5) is 5.69 Å². The normalized spacial score (nSPS) is 10.9. The van der Waals surface area contributed by atoms with Crippen molar-refractivity contribution in [2.75, 3.05) is 11.1 Å². The van der Waals surface area contributed by atoms with Gasteiger partial charge >= 0.3 is 0 Å². The van der Waals surface area contributed by atoms with Crippen LogP contribution in [0.3, 0.4) is 0 Å². The minimum atomic E-state index is -0.216. The number of thiocarbonyl (C=S) groups is 1. The molecule has 3 aromatic carbocycles. The lowest BCUT2D eigenvalue weighted by Crippen LogP contribution is -2.35. The Kier molecular flexibility index (Phi) is 7.46. The average Bonchev–Trinajstić information content (AvgIpc) is 3.19. The van der Waals surface area contributed by atoms with E-state index in [0.717, 1.165) is 21.7 Å². The number of aryl methyl sites for hydroxylation is 1. The maximum Gasteiger partial charge on any atom is 0.236 e. The van der Waals surface area contributed by atoms with E-state index < -0.39 is 0 Å². The highest BCUT2D eigenvalue weighted by Crippen LogP contribution is 2.33. The maximum absolute atomic E-state index is 12.3. The van der Waals surface area contributed by atoms with Crippen LogP contribution in [0.1, 0.15) is 5.56 Å². The van der Waals surface area contributed by atoms with E-state index in [9.17, 15) is 4.79 Å². The number of halogens is 3. The largest absolute Gasteiger partial charge is 0.435 e. The smallest absolute Gasteiger partial charge is 0.236 e. The number of nitrogens with one attached hydrogen (secondary N) is 2. The fourth-order valence-electron chi connectivity index (χ4n) is 2.97. The third-order valence-electron chi connectivity index (χ3n) is 4.58. The first kappa shape index (κ1) is 23.9. The summed E-state index contributed by atoms with van der Waals surface area (Å²) in [5, 5.41) is 7.48. The molecule has 0 aliphatic rings. The molecule has 0 aliphatic heterocycles. The molecule has 0 radical (unpaired) electrons. The van der Waals surface area contributed by atoms with Crippen molar-refractivity contribution in [1.82, 2.24) is 10.3 Å². The van der Waals surface area contributed by atoms with Gasteiger partial charge in [-0.2, -0.15) is 0 Å². The summed E-state index contributed by atoms with van der Waals surface area (Å²) in [6, 6.07) is 16.2. The Morgan fingerprint density at radius 2 is 1.82 bits per heavy atom. The van der Waals surface area contributed by atoms with E-state index in [1.54, 1.807) is 24.3 Å². The molecule has 0 saturated carbocycles. The SMILES string of the molecule is Cc1ccc(-c2nc3cc(Cl)cc(Cl)c3o2)cc1NC(=S)NC(=O)CSc1ccc(Cl)cc1. The van der Waals surface area contributed by atoms with Gasteiger partial charge in [-0.1, -0.05) is 40.9 Å². The molecular weight excluding hydrogens is 521 g/mol. The van der Waals surface area contributed by atoms with Crippen molar-refractivity contribution in [3.05, 3.63) is 75.2 Å². The quantitative estimate of drug-likeness (QED) is 0.205. The van der Waals surface area contributed by atoms with E-state index in [-0.39, 0.29) is 16.8 Å². The highest BCUT2D eigenvalue weighted by molar-refractivity contribution is 8.00. The van der Waals surface area contributed by atoms with E-state index in [1.807, 2.05) is 37.3 Å². The van der Waals surface area contributed by atoms with Gasteiger partial charge in [0.05, 0.1) is 10.8 Å². The zero-order valence-electron chi connectivity index (χ0n) is 17.1. The molecule has 1 amide bonds. The van der Waals surface area contributed by atoms with Crippen LogP contribution in [-0.2, 0) is 4.79 Å². The molecule has 4 rings (SSSR count). The second-order valence-corrected chi connectivity index (χ2v) is 9.77. The van der Waals surface area contributed by atoms with Crippen LogP contribution in [0.25, 0.3) is 22.6 Å². The monoisotopic (exact) mass is 535 g/mol. The fraction of sp³-hybridized carbons (Fsp3) is 0.0870. The van der Waals surface area contributed by atoms with Gasteiger partial charge < -0.3 is 15.1 Å². The molecule has 0 saturated heterocycles. The number of thioether (sulfide) groups is 1. The topological polar surface area (TPSA) is 67.2 Å². The van der Waals surface area contributed by atoms with Gasteiger partial charge in [-0.25, -0.2) is 4.98 Å². The number of aromatic nitrogens is 1. The van der Waals surface area contributed by atoms with Crippen LogP contribution >= 0.6 is 58.8 Å². The van der Waals surface area contributed by atoms with Crippen molar-refractivity contribution < 1.29 is 9.21 Å². The van der Waals surface area contributed by atoms with E-state index >= 15 is 0 Å². The highest BCUT2D eigenvalue weighted by Gasteiger charge is 2.14. The first-order valence-corrected chi connectivity index (χ1v) is 12.2. The standard InChI is InChI=1S/C23H16Cl3N3O2S2/c1-12-2-3-13(22-27-19-10-15(25)9-17(26)21(19)31-22)8-18(12)28-23(32)29-20(30)11-33-16-6-4-14(24)5-7-16/h2-10H,11H2,1H3,(H2,28,29,30,32). The van der Waals surface area contributed by atoms with Gasteiger partial charge in [-0.3, -0.25) is 4.79 Å². The van der Waals surface area contributed by atoms with Crippen LogP contribution in [0.15, 0.2) is 63.9 Å². The van der Waals surface area contributed by atoms with E-state index in [1.165, 1.54) is 11.8 Å².